The van der Waals surface area contributed by atoms with E-state index >= 15 is 0 Å². The molecule has 0 spiro atoms. The molecule has 0 fully saturated rings. The molecule has 0 amide bonds. The Labute approximate surface area is 320 Å². The number of hydrogen-bond acceptors (Lipinski definition) is 9. The van der Waals surface area contributed by atoms with E-state index in [0.29, 0.717) is 23.2 Å². The second-order valence-electron chi connectivity index (χ2n) is 13.9. The summed E-state index contributed by atoms with van der Waals surface area (Å²) in [4.78, 5) is 17.0. The molecule has 8 nitrogen and oxygen atoms in total. The fourth-order valence-electron chi connectivity index (χ4n) is 7.09. The predicted octanol–water partition coefficient (Wildman–Crippen LogP) is 12.4. The minimum absolute atomic E-state index is 0.197. The molecule has 0 atom stereocenters. The maximum Gasteiger partial charge on any atom is 0.350 e. The number of nitriles is 2. The summed E-state index contributed by atoms with van der Waals surface area (Å²) in [6, 6.07) is 16.7. The highest BCUT2D eigenvalue weighted by atomic mass is 32.1. The molecule has 2 aromatic carbocycles. The molecule has 0 radical (unpaired) electrons. The van der Waals surface area contributed by atoms with E-state index in [9.17, 15) is 10.5 Å². The third kappa shape index (κ3) is 6.12. The second-order valence-corrected chi connectivity index (χ2v) is 17.1. The lowest BCUT2D eigenvalue weighted by atomic mass is 9.79. The molecule has 2 aliphatic rings. The van der Waals surface area contributed by atoms with Crippen LogP contribution in [0.25, 0.3) is 53.2 Å². The van der Waals surface area contributed by atoms with Crippen molar-refractivity contribution in [3.05, 3.63) is 91.2 Å². The fraction of sp³-hybridized carbons (Fsp3) is 0.286. The number of fused-ring (bicyclic) bond motifs is 5. The van der Waals surface area contributed by atoms with Crippen LogP contribution in [-0.2, 0) is 10.8 Å². The number of nitrogens with zero attached hydrogens (tertiary/aromatic N) is 6. The molecule has 0 N–H and O–H groups in total. The van der Waals surface area contributed by atoms with E-state index in [4.69, 9.17) is 22.6 Å². The standard InChI is InChI=1S/C42H34N6O2S3/c1-9-11-49-31-19-37(47-35(21-43)45-7)52-39(31)29-13-23-15-33-25(17-27(23)41(29,3)4)26-18-28-24(16-34(26)51-33)14-30(42(28,5)6)40-32(50-12-10-2)20-38(53-40)48-36(22-44)46-8/h13-20H,9-12H2,1-6H3. The highest BCUT2D eigenvalue weighted by Gasteiger charge is 2.39. The molecule has 3 aromatic heterocycles. The Hall–Kier alpha value is -5.56. The summed E-state index contributed by atoms with van der Waals surface area (Å²) in [7, 11) is 0. The van der Waals surface area contributed by atoms with E-state index in [-0.39, 0.29) is 22.5 Å². The van der Waals surface area contributed by atoms with Gasteiger partial charge in [0.05, 0.1) is 23.0 Å². The van der Waals surface area contributed by atoms with Crippen LogP contribution in [0.2, 0.25) is 0 Å². The van der Waals surface area contributed by atoms with Crippen LogP contribution < -0.4 is 9.47 Å². The first-order chi connectivity index (χ1) is 25.5. The van der Waals surface area contributed by atoms with Gasteiger partial charge in [-0.05, 0) is 82.7 Å². The summed E-state index contributed by atoms with van der Waals surface area (Å²) in [5, 5.41) is 22.3. The van der Waals surface area contributed by atoms with Crippen molar-refractivity contribution in [3.8, 4) is 23.6 Å². The molecule has 0 bridgehead atoms. The Bertz CT molecular complexity index is 2440. The first-order valence-electron chi connectivity index (χ1n) is 17.2. The molecule has 11 heteroatoms. The van der Waals surface area contributed by atoms with E-state index < -0.39 is 0 Å². The van der Waals surface area contributed by atoms with Crippen LogP contribution in [0.1, 0.15) is 86.4 Å². The average Bonchev–Trinajstić information content (AvgIpc) is 3.93. The minimum Gasteiger partial charge on any atom is -0.492 e. The van der Waals surface area contributed by atoms with Gasteiger partial charge in [0.15, 0.2) is 0 Å². The van der Waals surface area contributed by atoms with Gasteiger partial charge in [0.1, 0.15) is 23.6 Å². The van der Waals surface area contributed by atoms with Gasteiger partial charge in [-0.3, -0.25) is 0 Å². The summed E-state index contributed by atoms with van der Waals surface area (Å²) >= 11 is 4.69. The van der Waals surface area contributed by atoms with Gasteiger partial charge in [0, 0.05) is 43.1 Å². The van der Waals surface area contributed by atoms with Gasteiger partial charge in [-0.2, -0.15) is 0 Å². The molecule has 53 heavy (non-hydrogen) atoms. The van der Waals surface area contributed by atoms with E-state index in [1.54, 1.807) is 11.3 Å². The minimum atomic E-state index is -0.344. The van der Waals surface area contributed by atoms with E-state index in [2.05, 4.69) is 97.6 Å². The Morgan fingerprint density at radius 3 is 1.45 bits per heavy atom. The first-order valence-corrected chi connectivity index (χ1v) is 19.7. The van der Waals surface area contributed by atoms with Crippen molar-refractivity contribution >= 4 is 99.2 Å². The van der Waals surface area contributed by atoms with Gasteiger partial charge in [-0.15, -0.1) is 11.3 Å². The quantitative estimate of drug-likeness (QED) is 0.0806. The van der Waals surface area contributed by atoms with Crippen molar-refractivity contribution in [2.75, 3.05) is 13.2 Å². The SMILES string of the molecule is [C-]#[N+]C(C#N)=Nc1cc(OCCC)c(C2=Cc3cc4sc5cc6c(cc5c4cc3C2(C)C)C(C)(C)C(c2sc(N=C(C#N)[N+]#[C-])cc2OCCC)=C6)s1. The predicted molar refractivity (Wildman–Crippen MR) is 220 cm³/mol. The number of allylic oxidation sites excluding steroid dienone is 2. The van der Waals surface area contributed by atoms with Gasteiger partial charge < -0.3 is 19.2 Å². The van der Waals surface area contributed by atoms with Gasteiger partial charge >= 0.3 is 11.7 Å². The lowest BCUT2D eigenvalue weighted by molar-refractivity contribution is 0.317. The van der Waals surface area contributed by atoms with Crippen molar-refractivity contribution in [2.24, 2.45) is 9.98 Å². The van der Waals surface area contributed by atoms with Crippen molar-refractivity contribution in [2.45, 2.75) is 65.2 Å². The lowest BCUT2D eigenvalue weighted by Crippen LogP contribution is -2.16. The number of thiophene rings is 3. The molecule has 7 rings (SSSR count). The number of hydrogen-bond donors (Lipinski definition) is 0. The fourth-order valence-corrected chi connectivity index (χ4v) is 10.6. The van der Waals surface area contributed by atoms with E-state index in [1.165, 1.54) is 65.1 Å². The number of amidine groups is 2. The van der Waals surface area contributed by atoms with Crippen molar-refractivity contribution in [1.82, 2.24) is 0 Å². The summed E-state index contributed by atoms with van der Waals surface area (Å²) in [5.41, 5.74) is 6.38. The lowest BCUT2D eigenvalue weighted by Gasteiger charge is -2.25. The molecule has 0 saturated carbocycles. The van der Waals surface area contributed by atoms with Crippen LogP contribution in [0.3, 0.4) is 0 Å². The molecule has 0 saturated heterocycles. The maximum atomic E-state index is 9.33. The second kappa shape index (κ2) is 13.8. The van der Waals surface area contributed by atoms with E-state index in [0.717, 1.165) is 45.2 Å². The van der Waals surface area contributed by atoms with Gasteiger partial charge in [-0.25, -0.2) is 10.5 Å². The van der Waals surface area contributed by atoms with Gasteiger partial charge in [0.25, 0.3) is 0 Å². The van der Waals surface area contributed by atoms with Crippen LogP contribution in [-0.4, -0.2) is 24.9 Å². The van der Waals surface area contributed by atoms with Gasteiger partial charge in [0.2, 0.25) is 10.0 Å². The van der Waals surface area contributed by atoms with Crippen molar-refractivity contribution in [3.63, 3.8) is 0 Å². The smallest absolute Gasteiger partial charge is 0.350 e. The molecule has 0 aliphatic heterocycles. The van der Waals surface area contributed by atoms with Crippen LogP contribution in [0.5, 0.6) is 11.5 Å². The molecule has 5 aromatic rings. The monoisotopic (exact) mass is 750 g/mol. The summed E-state index contributed by atoms with van der Waals surface area (Å²) in [5.74, 6) is 1.06. The number of benzene rings is 2. The average molecular weight is 751 g/mol. The van der Waals surface area contributed by atoms with Gasteiger partial charge in [-0.1, -0.05) is 87.3 Å². The summed E-state index contributed by atoms with van der Waals surface area (Å²) in [6.07, 6.45) is 6.22. The van der Waals surface area contributed by atoms with Crippen LogP contribution in [0, 0.1) is 35.8 Å². The zero-order valence-corrected chi connectivity index (χ0v) is 32.6. The summed E-state index contributed by atoms with van der Waals surface area (Å²) in [6.45, 7) is 28.8. The molecule has 3 heterocycles. The molecule has 0 unspecified atom stereocenters. The highest BCUT2D eigenvalue weighted by Crippen LogP contribution is 2.56. The normalized spacial score (nSPS) is 15.6. The molecular weight excluding hydrogens is 717 g/mol. The highest BCUT2D eigenvalue weighted by molar-refractivity contribution is 7.25. The largest absolute Gasteiger partial charge is 0.492 e. The molecular formula is C42H34N6O2S3. The zero-order valence-electron chi connectivity index (χ0n) is 30.2. The Morgan fingerprint density at radius 2 is 1.09 bits per heavy atom. The number of rotatable bonds is 10. The summed E-state index contributed by atoms with van der Waals surface area (Å²) < 4.78 is 14.8. The Kier molecular flexibility index (Phi) is 9.31. The Balaban J connectivity index is 1.30. The third-order valence-corrected chi connectivity index (χ3v) is 12.9. The zero-order chi connectivity index (χ0) is 37.7. The molecule has 2 aliphatic carbocycles. The van der Waals surface area contributed by atoms with Crippen LogP contribution >= 0.6 is 34.0 Å². The Morgan fingerprint density at radius 1 is 0.679 bits per heavy atom. The molecule has 262 valence electrons. The maximum absolute atomic E-state index is 9.33. The number of ether oxygens (including phenoxy) is 2. The van der Waals surface area contributed by atoms with Crippen molar-refractivity contribution < 1.29 is 9.47 Å². The van der Waals surface area contributed by atoms with Crippen LogP contribution in [0.4, 0.5) is 10.0 Å². The topological polar surface area (TPSA) is 99.5 Å². The number of aliphatic imine (C=N–C) groups is 2. The third-order valence-electron chi connectivity index (χ3n) is 9.73. The van der Waals surface area contributed by atoms with Crippen molar-refractivity contribution in [1.29, 1.82) is 10.5 Å². The first kappa shape index (κ1) is 35.8. The van der Waals surface area contributed by atoms with E-state index in [1.807, 2.05) is 24.3 Å². The van der Waals surface area contributed by atoms with Crippen LogP contribution in [0.15, 0.2) is 46.4 Å².